The van der Waals surface area contributed by atoms with Gasteiger partial charge >= 0.3 is 0 Å². The summed E-state index contributed by atoms with van der Waals surface area (Å²) in [7, 11) is 0. The molecular formula is C22H25N3O3. The van der Waals surface area contributed by atoms with E-state index < -0.39 is 6.10 Å². The molecule has 6 nitrogen and oxygen atoms in total. The minimum Gasteiger partial charge on any atom is -0.481 e. The van der Waals surface area contributed by atoms with Crippen LogP contribution in [-0.2, 0) is 11.3 Å². The zero-order chi connectivity index (χ0) is 20.1. The molecule has 0 spiro atoms. The second-order valence-electron chi connectivity index (χ2n) is 7.01. The van der Waals surface area contributed by atoms with Crippen molar-refractivity contribution >= 4 is 5.91 Å². The Labute approximate surface area is 165 Å². The first-order chi connectivity index (χ1) is 13.4. The highest BCUT2D eigenvalue weighted by Crippen LogP contribution is 2.19. The van der Waals surface area contributed by atoms with E-state index in [1.807, 2.05) is 75.4 Å². The molecular weight excluding hydrogens is 354 g/mol. The van der Waals surface area contributed by atoms with Crippen LogP contribution in [0, 0.1) is 6.92 Å². The van der Waals surface area contributed by atoms with Crippen LogP contribution in [0.2, 0.25) is 0 Å². The summed E-state index contributed by atoms with van der Waals surface area (Å²) in [6.07, 6.45) is -0.624. The Kier molecular flexibility index (Phi) is 6.09. The predicted molar refractivity (Wildman–Crippen MR) is 107 cm³/mol. The lowest BCUT2D eigenvalue weighted by Gasteiger charge is -2.28. The summed E-state index contributed by atoms with van der Waals surface area (Å²) in [5.41, 5.74) is 1.95. The topological polar surface area (TPSA) is 68.5 Å². The third kappa shape index (κ3) is 4.76. The molecule has 1 atom stereocenters. The first-order valence-electron chi connectivity index (χ1n) is 9.36. The minimum absolute atomic E-state index is 0.0388. The number of carbonyl (C=O) groups excluding carboxylic acids is 1. The average molecular weight is 379 g/mol. The van der Waals surface area contributed by atoms with Crippen LogP contribution in [0.3, 0.4) is 0 Å². The molecule has 0 fully saturated rings. The molecule has 3 aromatic rings. The number of hydrogen-bond donors (Lipinski definition) is 0. The summed E-state index contributed by atoms with van der Waals surface area (Å²) in [4.78, 5) is 19.1. The van der Waals surface area contributed by atoms with Crippen LogP contribution in [0.1, 0.15) is 32.2 Å². The number of amides is 1. The maximum atomic E-state index is 13.0. The number of aromatic nitrogens is 2. The van der Waals surface area contributed by atoms with E-state index in [9.17, 15) is 4.79 Å². The SMILES string of the molecule is Cc1cccc(OC(C)C(=O)N(Cc2nc(-c3ccccc3)no2)C(C)C)c1. The van der Waals surface area contributed by atoms with E-state index >= 15 is 0 Å². The van der Waals surface area contributed by atoms with Crippen LogP contribution in [0.4, 0.5) is 0 Å². The van der Waals surface area contributed by atoms with Crippen molar-refractivity contribution < 1.29 is 14.1 Å². The molecule has 0 saturated carbocycles. The minimum atomic E-state index is -0.624. The summed E-state index contributed by atoms with van der Waals surface area (Å²) in [5.74, 6) is 1.45. The van der Waals surface area contributed by atoms with Crippen LogP contribution >= 0.6 is 0 Å². The normalized spacial score (nSPS) is 12.0. The van der Waals surface area contributed by atoms with Gasteiger partial charge in [0.15, 0.2) is 6.10 Å². The third-order valence-electron chi connectivity index (χ3n) is 4.36. The molecule has 1 unspecified atom stereocenters. The fraction of sp³-hybridized carbons (Fsp3) is 0.318. The number of ether oxygens (including phenoxy) is 1. The molecule has 146 valence electrons. The number of benzene rings is 2. The van der Waals surface area contributed by atoms with E-state index in [1.165, 1.54) is 0 Å². The Morgan fingerprint density at radius 3 is 2.54 bits per heavy atom. The monoisotopic (exact) mass is 379 g/mol. The summed E-state index contributed by atoms with van der Waals surface area (Å²) >= 11 is 0. The molecule has 0 radical (unpaired) electrons. The van der Waals surface area contributed by atoms with E-state index in [1.54, 1.807) is 11.8 Å². The zero-order valence-corrected chi connectivity index (χ0v) is 16.6. The highest BCUT2D eigenvalue weighted by molar-refractivity contribution is 5.81. The van der Waals surface area contributed by atoms with Gasteiger partial charge in [-0.3, -0.25) is 4.79 Å². The van der Waals surface area contributed by atoms with Crippen LogP contribution in [0.5, 0.6) is 5.75 Å². The van der Waals surface area contributed by atoms with Crippen molar-refractivity contribution in [3.8, 4) is 17.1 Å². The second kappa shape index (κ2) is 8.69. The Bertz CT molecular complexity index is 922. The Morgan fingerprint density at radius 1 is 1.11 bits per heavy atom. The summed E-state index contributed by atoms with van der Waals surface area (Å²) < 4.78 is 11.2. The van der Waals surface area contributed by atoms with Crippen LogP contribution < -0.4 is 4.74 Å². The highest BCUT2D eigenvalue weighted by Gasteiger charge is 2.26. The lowest BCUT2D eigenvalue weighted by Crippen LogP contribution is -2.43. The van der Waals surface area contributed by atoms with Crippen molar-refractivity contribution in [3.05, 3.63) is 66.1 Å². The number of nitrogens with zero attached hydrogens (tertiary/aromatic N) is 3. The third-order valence-corrected chi connectivity index (χ3v) is 4.36. The van der Waals surface area contributed by atoms with Crippen molar-refractivity contribution in [2.24, 2.45) is 0 Å². The van der Waals surface area contributed by atoms with Crippen molar-refractivity contribution in [2.75, 3.05) is 0 Å². The van der Waals surface area contributed by atoms with Gasteiger partial charge in [-0.2, -0.15) is 4.98 Å². The number of hydrogen-bond acceptors (Lipinski definition) is 5. The second-order valence-corrected chi connectivity index (χ2v) is 7.01. The van der Waals surface area contributed by atoms with E-state index in [0.717, 1.165) is 11.1 Å². The Balaban J connectivity index is 1.71. The fourth-order valence-corrected chi connectivity index (χ4v) is 2.86. The summed E-state index contributed by atoms with van der Waals surface area (Å²) in [6, 6.07) is 17.2. The number of carbonyl (C=O) groups is 1. The van der Waals surface area contributed by atoms with Crippen LogP contribution in [0.15, 0.2) is 59.1 Å². The van der Waals surface area contributed by atoms with Gasteiger partial charge in [0.25, 0.3) is 5.91 Å². The molecule has 0 saturated heterocycles. The molecule has 28 heavy (non-hydrogen) atoms. The van der Waals surface area contributed by atoms with E-state index in [2.05, 4.69) is 10.1 Å². The van der Waals surface area contributed by atoms with Gasteiger partial charge in [0.2, 0.25) is 11.7 Å². The standard InChI is InChI=1S/C22H25N3O3/c1-15(2)25(22(26)17(4)27-19-12-8-9-16(3)13-19)14-20-23-21(24-28-20)18-10-6-5-7-11-18/h5-13,15,17H,14H2,1-4H3. The first kappa shape index (κ1) is 19.6. The lowest BCUT2D eigenvalue weighted by atomic mass is 10.2. The van der Waals surface area contributed by atoms with Gasteiger partial charge in [0, 0.05) is 11.6 Å². The zero-order valence-electron chi connectivity index (χ0n) is 16.6. The molecule has 6 heteroatoms. The molecule has 3 rings (SSSR count). The quantitative estimate of drug-likeness (QED) is 0.614. The van der Waals surface area contributed by atoms with E-state index in [-0.39, 0.29) is 18.5 Å². The molecule has 1 aromatic heterocycles. The van der Waals surface area contributed by atoms with Gasteiger partial charge in [0.05, 0.1) is 0 Å². The van der Waals surface area contributed by atoms with Crippen LogP contribution in [-0.4, -0.2) is 33.1 Å². The highest BCUT2D eigenvalue weighted by atomic mass is 16.5. The molecule has 1 heterocycles. The molecule has 0 bridgehead atoms. The predicted octanol–water partition coefficient (Wildman–Crippen LogP) is 4.25. The van der Waals surface area contributed by atoms with Gasteiger partial charge in [0.1, 0.15) is 12.3 Å². The molecule has 0 aliphatic carbocycles. The maximum Gasteiger partial charge on any atom is 0.264 e. The van der Waals surface area contributed by atoms with Gasteiger partial charge < -0.3 is 14.2 Å². The molecule has 0 aliphatic heterocycles. The first-order valence-corrected chi connectivity index (χ1v) is 9.36. The smallest absolute Gasteiger partial charge is 0.264 e. The van der Waals surface area contributed by atoms with Gasteiger partial charge in [-0.15, -0.1) is 0 Å². The molecule has 1 amide bonds. The van der Waals surface area contributed by atoms with Crippen molar-refractivity contribution in [3.63, 3.8) is 0 Å². The summed E-state index contributed by atoms with van der Waals surface area (Å²) in [6.45, 7) is 7.87. The fourth-order valence-electron chi connectivity index (χ4n) is 2.86. The number of aryl methyl sites for hydroxylation is 1. The van der Waals surface area contributed by atoms with Crippen molar-refractivity contribution in [2.45, 2.75) is 46.4 Å². The number of rotatable bonds is 7. The van der Waals surface area contributed by atoms with E-state index in [0.29, 0.717) is 17.5 Å². The van der Waals surface area contributed by atoms with Crippen molar-refractivity contribution in [1.82, 2.24) is 15.0 Å². The van der Waals surface area contributed by atoms with E-state index in [4.69, 9.17) is 9.26 Å². The molecule has 0 N–H and O–H groups in total. The largest absolute Gasteiger partial charge is 0.481 e. The molecule has 0 aliphatic rings. The van der Waals surface area contributed by atoms with Crippen LogP contribution in [0.25, 0.3) is 11.4 Å². The maximum absolute atomic E-state index is 13.0. The lowest BCUT2D eigenvalue weighted by molar-refractivity contribution is -0.140. The van der Waals surface area contributed by atoms with Gasteiger partial charge in [-0.1, -0.05) is 47.6 Å². The Hall–Kier alpha value is -3.15. The van der Waals surface area contributed by atoms with Crippen molar-refractivity contribution in [1.29, 1.82) is 0 Å². The summed E-state index contributed by atoms with van der Waals surface area (Å²) in [5, 5.41) is 4.03. The van der Waals surface area contributed by atoms with Gasteiger partial charge in [-0.25, -0.2) is 0 Å². The van der Waals surface area contributed by atoms with Gasteiger partial charge in [-0.05, 0) is 45.4 Å². The Morgan fingerprint density at radius 2 is 1.86 bits per heavy atom. The molecule has 2 aromatic carbocycles. The average Bonchev–Trinajstić information content (AvgIpc) is 3.15.